The fourth-order valence-corrected chi connectivity index (χ4v) is 2.26. The smallest absolute Gasteiger partial charge is 0.255 e. The van der Waals surface area contributed by atoms with Crippen LogP contribution >= 0.6 is 12.4 Å². The van der Waals surface area contributed by atoms with Crippen molar-refractivity contribution in [2.75, 3.05) is 19.6 Å². The molecule has 0 aromatic heterocycles. The molecule has 0 unspecified atom stereocenters. The normalized spacial score (nSPS) is 21.1. The summed E-state index contributed by atoms with van der Waals surface area (Å²) in [4.78, 5) is 13.5. The molecule has 1 amide bonds. The summed E-state index contributed by atoms with van der Waals surface area (Å²) in [5.74, 6) is -0.0927. The largest absolute Gasteiger partial charge is 0.334 e. The van der Waals surface area contributed by atoms with Gasteiger partial charge in [0.1, 0.15) is 0 Å². The van der Waals surface area contributed by atoms with Gasteiger partial charge >= 0.3 is 0 Å². The molecule has 0 aromatic rings. The molecule has 2 fully saturated rings. The van der Waals surface area contributed by atoms with E-state index < -0.39 is 6.43 Å². The van der Waals surface area contributed by atoms with E-state index >= 15 is 0 Å². The Balaban J connectivity index is 0.00000144. The zero-order valence-electron chi connectivity index (χ0n) is 9.70. The van der Waals surface area contributed by atoms with Crippen molar-refractivity contribution in [1.29, 1.82) is 0 Å². The van der Waals surface area contributed by atoms with Crippen LogP contribution in [0.25, 0.3) is 0 Å². The number of halogens is 3. The van der Waals surface area contributed by atoms with Crippen LogP contribution in [0.1, 0.15) is 25.7 Å². The Hall–Kier alpha value is -0.420. The topological polar surface area (TPSA) is 32.3 Å². The Labute approximate surface area is 106 Å². The van der Waals surface area contributed by atoms with Gasteiger partial charge in [-0.1, -0.05) is 0 Å². The second kappa shape index (κ2) is 6.50. The maximum atomic E-state index is 12.4. The number of alkyl halides is 2. The summed E-state index contributed by atoms with van der Waals surface area (Å²) in [5, 5.41) is 3.18. The summed E-state index contributed by atoms with van der Waals surface area (Å²) in [6, 6.07) is 0.0939. The van der Waals surface area contributed by atoms with Crippen LogP contribution < -0.4 is 5.32 Å². The van der Waals surface area contributed by atoms with Gasteiger partial charge in [-0.15, -0.1) is 12.4 Å². The minimum atomic E-state index is -2.41. The third-order valence-electron chi connectivity index (χ3n) is 3.29. The molecule has 1 aliphatic heterocycles. The molecule has 1 N–H and O–H groups in total. The molecule has 6 heteroatoms. The lowest BCUT2D eigenvalue weighted by Gasteiger charge is -2.29. The summed E-state index contributed by atoms with van der Waals surface area (Å²) in [5.41, 5.74) is 0. The summed E-state index contributed by atoms with van der Waals surface area (Å²) >= 11 is 0. The van der Waals surface area contributed by atoms with Gasteiger partial charge in [0.2, 0.25) is 5.91 Å². The Morgan fingerprint density at radius 3 is 2.29 bits per heavy atom. The highest BCUT2D eigenvalue weighted by molar-refractivity contribution is 5.85. The van der Waals surface area contributed by atoms with E-state index in [-0.39, 0.29) is 36.8 Å². The van der Waals surface area contributed by atoms with Gasteiger partial charge in [-0.05, 0) is 38.8 Å². The molecule has 1 aliphatic carbocycles. The van der Waals surface area contributed by atoms with Crippen molar-refractivity contribution in [2.24, 2.45) is 5.92 Å². The minimum Gasteiger partial charge on any atom is -0.334 e. The van der Waals surface area contributed by atoms with Gasteiger partial charge in [-0.3, -0.25) is 4.79 Å². The lowest BCUT2D eigenvalue weighted by atomic mass is 9.96. The maximum absolute atomic E-state index is 12.4. The molecule has 17 heavy (non-hydrogen) atoms. The van der Waals surface area contributed by atoms with Crippen molar-refractivity contribution in [3.05, 3.63) is 0 Å². The quantitative estimate of drug-likeness (QED) is 0.841. The molecular weight excluding hydrogens is 250 g/mol. The first-order valence-electron chi connectivity index (χ1n) is 5.98. The molecule has 1 saturated heterocycles. The highest BCUT2D eigenvalue weighted by Gasteiger charge is 2.37. The third kappa shape index (κ3) is 4.07. The first-order valence-corrected chi connectivity index (χ1v) is 5.98. The Morgan fingerprint density at radius 2 is 1.82 bits per heavy atom. The van der Waals surface area contributed by atoms with Gasteiger partial charge < -0.3 is 10.2 Å². The number of amides is 1. The lowest BCUT2D eigenvalue weighted by molar-refractivity contribution is -0.139. The van der Waals surface area contributed by atoms with E-state index in [0.717, 1.165) is 38.8 Å². The van der Waals surface area contributed by atoms with Crippen molar-refractivity contribution in [3.63, 3.8) is 0 Å². The van der Waals surface area contributed by atoms with Crippen LogP contribution in [-0.4, -0.2) is 42.9 Å². The highest BCUT2D eigenvalue weighted by atomic mass is 35.5. The molecule has 100 valence electrons. The summed E-state index contributed by atoms with van der Waals surface area (Å²) in [7, 11) is 0. The van der Waals surface area contributed by atoms with Crippen molar-refractivity contribution < 1.29 is 13.6 Å². The maximum Gasteiger partial charge on any atom is 0.255 e. The molecule has 2 rings (SSSR count). The van der Waals surface area contributed by atoms with Gasteiger partial charge in [-0.2, -0.15) is 0 Å². The molecule has 1 heterocycles. The molecule has 0 aromatic carbocycles. The standard InChI is InChI=1S/C11H18F2N2O.ClH/c12-10(13)7-15(9-1-2-9)11(16)8-3-5-14-6-4-8;/h8-10,14H,1-7H2;1H. The van der Waals surface area contributed by atoms with E-state index in [2.05, 4.69) is 5.32 Å². The fraction of sp³-hybridized carbons (Fsp3) is 0.909. The van der Waals surface area contributed by atoms with E-state index in [1.165, 1.54) is 4.90 Å². The van der Waals surface area contributed by atoms with Crippen LogP contribution in [0.3, 0.4) is 0 Å². The van der Waals surface area contributed by atoms with Crippen molar-refractivity contribution in [3.8, 4) is 0 Å². The van der Waals surface area contributed by atoms with Crippen molar-refractivity contribution >= 4 is 18.3 Å². The SMILES string of the molecule is Cl.O=C(C1CCNCC1)N(CC(F)F)C1CC1. The van der Waals surface area contributed by atoms with Crippen LogP contribution in [0.5, 0.6) is 0 Å². The Bertz CT molecular complexity index is 256. The first-order chi connectivity index (χ1) is 7.68. The zero-order chi connectivity index (χ0) is 11.5. The molecule has 0 bridgehead atoms. The lowest BCUT2D eigenvalue weighted by Crippen LogP contribution is -2.44. The molecule has 0 radical (unpaired) electrons. The van der Waals surface area contributed by atoms with E-state index in [1.54, 1.807) is 0 Å². The van der Waals surface area contributed by atoms with Crippen LogP contribution in [0.4, 0.5) is 8.78 Å². The van der Waals surface area contributed by atoms with E-state index in [9.17, 15) is 13.6 Å². The van der Waals surface area contributed by atoms with Crippen LogP contribution in [-0.2, 0) is 4.79 Å². The molecule has 0 atom stereocenters. The summed E-state index contributed by atoms with van der Waals surface area (Å²) in [6.07, 6.45) is 0.940. The van der Waals surface area contributed by atoms with Crippen LogP contribution in [0.2, 0.25) is 0 Å². The number of nitrogens with zero attached hydrogens (tertiary/aromatic N) is 1. The van der Waals surface area contributed by atoms with E-state index in [4.69, 9.17) is 0 Å². The molecule has 1 saturated carbocycles. The first kappa shape index (κ1) is 14.6. The molecule has 3 nitrogen and oxygen atoms in total. The number of hydrogen-bond donors (Lipinski definition) is 1. The average molecular weight is 269 g/mol. The Morgan fingerprint density at radius 1 is 1.24 bits per heavy atom. The van der Waals surface area contributed by atoms with E-state index in [0.29, 0.717) is 0 Å². The predicted octanol–water partition coefficient (Wildman–Crippen LogP) is 1.66. The fourth-order valence-electron chi connectivity index (χ4n) is 2.26. The van der Waals surface area contributed by atoms with Gasteiger partial charge in [0, 0.05) is 12.0 Å². The highest BCUT2D eigenvalue weighted by Crippen LogP contribution is 2.30. The average Bonchev–Trinajstić information content (AvgIpc) is 3.10. The number of nitrogens with one attached hydrogen (secondary N) is 1. The zero-order valence-corrected chi connectivity index (χ0v) is 10.5. The van der Waals surface area contributed by atoms with E-state index in [1.807, 2.05) is 0 Å². The van der Waals surface area contributed by atoms with Gasteiger partial charge in [0.05, 0.1) is 6.54 Å². The monoisotopic (exact) mass is 268 g/mol. The van der Waals surface area contributed by atoms with Gasteiger partial charge in [0.15, 0.2) is 0 Å². The van der Waals surface area contributed by atoms with Crippen molar-refractivity contribution in [1.82, 2.24) is 10.2 Å². The van der Waals surface area contributed by atoms with Crippen molar-refractivity contribution in [2.45, 2.75) is 38.2 Å². The number of carbonyl (C=O) groups is 1. The van der Waals surface area contributed by atoms with Gasteiger partial charge in [0.25, 0.3) is 6.43 Å². The number of piperidine rings is 1. The van der Waals surface area contributed by atoms with Crippen LogP contribution in [0, 0.1) is 5.92 Å². The summed E-state index contributed by atoms with van der Waals surface area (Å²) < 4.78 is 24.8. The number of carbonyl (C=O) groups excluding carboxylic acids is 1. The minimum absolute atomic E-state index is 0. The molecule has 0 spiro atoms. The van der Waals surface area contributed by atoms with Gasteiger partial charge in [-0.25, -0.2) is 8.78 Å². The number of hydrogen-bond acceptors (Lipinski definition) is 2. The third-order valence-corrected chi connectivity index (χ3v) is 3.29. The number of rotatable bonds is 4. The summed E-state index contributed by atoms with van der Waals surface area (Å²) in [6.45, 7) is 1.26. The second-order valence-corrected chi connectivity index (χ2v) is 4.64. The predicted molar refractivity (Wildman–Crippen MR) is 63.6 cm³/mol. The second-order valence-electron chi connectivity index (χ2n) is 4.64. The molecular formula is C11H19ClF2N2O. The Kier molecular flexibility index (Phi) is 5.59. The molecule has 2 aliphatic rings. The van der Waals surface area contributed by atoms with Crippen LogP contribution in [0.15, 0.2) is 0 Å².